The van der Waals surface area contributed by atoms with Gasteiger partial charge in [-0.25, -0.2) is 4.79 Å². The van der Waals surface area contributed by atoms with Gasteiger partial charge >= 0.3 is 5.97 Å². The molecule has 12 heteroatoms. The van der Waals surface area contributed by atoms with E-state index in [-0.39, 0.29) is 80.3 Å². The van der Waals surface area contributed by atoms with Gasteiger partial charge in [-0.2, -0.15) is 0 Å². The van der Waals surface area contributed by atoms with E-state index in [9.17, 15) is 9.90 Å². The fraction of sp³-hybridized carbons (Fsp3) is 0.738. The van der Waals surface area contributed by atoms with Gasteiger partial charge in [0.05, 0.1) is 44.2 Å². The molecular weight excluding hydrogens is 1020 g/mol. The highest BCUT2D eigenvalue weighted by Crippen LogP contribution is 2.44. The molecule has 0 amide bonds. The second-order valence-corrected chi connectivity index (χ2v) is 48.4. The number of allylic oxidation sites excluding steroid dienone is 4. The summed E-state index contributed by atoms with van der Waals surface area (Å²) in [6, 6.07) is 8.18. The molecule has 1 N–H and O–H groups in total. The third-order valence-corrected chi connectivity index (χ3v) is 36.3. The third-order valence-electron chi connectivity index (χ3n) is 18.3. The van der Waals surface area contributed by atoms with Gasteiger partial charge in [-0.15, -0.1) is 0 Å². The lowest BCUT2D eigenvalue weighted by molar-refractivity contribution is -0.132. The van der Waals surface area contributed by atoms with Crippen molar-refractivity contribution in [3.63, 3.8) is 0 Å². The topological polar surface area (TPSA) is 92.7 Å². The Kier molecular flexibility index (Phi) is 28.6. The van der Waals surface area contributed by atoms with Gasteiger partial charge in [-0.05, 0) is 140 Å². The quantitative estimate of drug-likeness (QED) is 0.0330. The molecule has 0 saturated heterocycles. The number of aliphatic carboxylic acids is 1. The van der Waals surface area contributed by atoms with Crippen molar-refractivity contribution in [2.75, 3.05) is 7.11 Å². The predicted molar refractivity (Wildman–Crippen MR) is 342 cm³/mol. The minimum absolute atomic E-state index is 0.0000519. The van der Waals surface area contributed by atoms with E-state index in [1.165, 1.54) is 0 Å². The van der Waals surface area contributed by atoms with Crippen LogP contribution in [0.25, 0.3) is 0 Å². The molecule has 1 rings (SSSR count). The number of rotatable bonds is 32. The SMILES string of the molecule is C=CC=C[C@H](C)[C@H](OCc1ccc(OC)cc1)[C@@H](C)[C@H](CC[C@H](C)C[C@@H](C)[C@@H](O[Si](C)(C)C(C)(C)C)[C@@H](C)C=C[C@H](C[C@H](O[Si](C)(C)C(C)(C)C)[C@@H](C)C=CC=C(C)C(=O)O)O[Si](C)(C)C(C)(C)C)O[Si](C)(C)C(C)(C)C. The van der Waals surface area contributed by atoms with E-state index in [2.05, 4.69) is 220 Å². The van der Waals surface area contributed by atoms with Crippen LogP contribution in [0.5, 0.6) is 5.75 Å². The van der Waals surface area contributed by atoms with E-state index < -0.39 is 39.2 Å². The zero-order valence-corrected chi connectivity index (χ0v) is 58.8. The van der Waals surface area contributed by atoms with Crippen molar-refractivity contribution in [2.24, 2.45) is 35.5 Å². The van der Waals surface area contributed by atoms with Crippen LogP contribution < -0.4 is 4.74 Å². The number of benzene rings is 1. The molecule has 11 atom stereocenters. The van der Waals surface area contributed by atoms with Crippen LogP contribution in [0.1, 0.15) is 163 Å². The zero-order valence-electron chi connectivity index (χ0n) is 54.8. The third kappa shape index (κ3) is 23.7. The van der Waals surface area contributed by atoms with Crippen molar-refractivity contribution in [1.29, 1.82) is 0 Å². The van der Waals surface area contributed by atoms with Crippen molar-refractivity contribution >= 4 is 39.2 Å². The molecule has 8 nitrogen and oxygen atoms in total. The first kappa shape index (κ1) is 72.9. The summed E-state index contributed by atoms with van der Waals surface area (Å²) in [7, 11) is -7.19. The van der Waals surface area contributed by atoms with E-state index in [1.807, 2.05) is 30.4 Å². The van der Waals surface area contributed by atoms with Crippen LogP contribution in [0, 0.1) is 35.5 Å². The van der Waals surface area contributed by atoms with Gasteiger partial charge in [0.1, 0.15) is 5.75 Å². The van der Waals surface area contributed by atoms with Gasteiger partial charge in [-0.1, -0.05) is 192 Å². The number of carboxylic acids is 1. The van der Waals surface area contributed by atoms with Crippen molar-refractivity contribution in [3.8, 4) is 5.75 Å². The van der Waals surface area contributed by atoms with Gasteiger partial charge in [0, 0.05) is 23.8 Å². The summed E-state index contributed by atoms with van der Waals surface area (Å²) in [5, 5.41) is 9.68. The molecular formula is C65H120O8Si4. The van der Waals surface area contributed by atoms with Gasteiger partial charge in [-0.3, -0.25) is 0 Å². The fourth-order valence-corrected chi connectivity index (χ4v) is 14.3. The Labute approximate surface area is 479 Å². The normalized spacial score (nSPS) is 18.7. The van der Waals surface area contributed by atoms with E-state index in [1.54, 1.807) is 20.1 Å². The molecule has 0 spiro atoms. The molecule has 0 fully saturated rings. The standard InChI is InChI=1S/C65H120O8Si4/c1-30-31-33-49(4)60(69-46-54-38-41-55(68-21)42-39-54)53(8)57(71-75(24,25)63(12,13)14)43-36-47(2)44-52(7)59(73-77(28,29)65(18,19)20)50(5)37-40-56(70-74(22,23)62(9,10)11)45-58(72-76(26,27)64(15,16)17)48(3)34-32-35-51(6)61(66)67/h30-35,37-42,47-50,52-53,56-60H,1,36,43-46H2,2-29H3,(H,66,67)/t47-,48-,49-,50-,52+,53-,56+,57-,58-,59-,60-/m0/s1. The maximum absolute atomic E-state index is 11.7. The summed E-state index contributed by atoms with van der Waals surface area (Å²) in [5.74, 6) is 1.03. The fourth-order valence-electron chi connectivity index (χ4n) is 8.70. The van der Waals surface area contributed by atoms with E-state index in [0.29, 0.717) is 24.5 Å². The molecule has 0 aliphatic carbocycles. The van der Waals surface area contributed by atoms with Crippen molar-refractivity contribution < 1.29 is 37.1 Å². The monoisotopic (exact) mass is 1140 g/mol. The van der Waals surface area contributed by atoms with Crippen LogP contribution in [-0.2, 0) is 33.8 Å². The molecule has 0 heterocycles. The second-order valence-electron chi connectivity index (χ2n) is 29.3. The van der Waals surface area contributed by atoms with E-state index in [0.717, 1.165) is 30.6 Å². The van der Waals surface area contributed by atoms with Gasteiger partial charge < -0.3 is 32.3 Å². The smallest absolute Gasteiger partial charge is 0.331 e. The van der Waals surface area contributed by atoms with Crippen LogP contribution in [0.4, 0.5) is 0 Å². The zero-order chi connectivity index (χ0) is 59.9. The molecule has 0 bridgehead atoms. The maximum atomic E-state index is 11.7. The molecule has 1 aromatic rings. The molecule has 0 unspecified atom stereocenters. The Bertz CT molecular complexity index is 2040. The average Bonchev–Trinajstić information content (AvgIpc) is 3.28. The number of methoxy groups -OCH3 is 1. The number of ether oxygens (including phenoxy) is 2. The lowest BCUT2D eigenvalue weighted by Crippen LogP contribution is -2.48. The highest BCUT2D eigenvalue weighted by atomic mass is 28.4. The minimum Gasteiger partial charge on any atom is -0.497 e. The van der Waals surface area contributed by atoms with Gasteiger partial charge in [0.15, 0.2) is 33.3 Å². The second kappa shape index (κ2) is 30.2. The van der Waals surface area contributed by atoms with Crippen molar-refractivity contribution in [3.05, 3.63) is 90.6 Å². The molecule has 0 aliphatic heterocycles. The first-order chi connectivity index (χ1) is 34.8. The number of carbonyl (C=O) groups is 1. The first-order valence-corrected chi connectivity index (χ1v) is 41.0. The molecule has 0 aliphatic rings. The number of carboxylic acid groups (broad SMARTS) is 1. The number of hydrogen-bond acceptors (Lipinski definition) is 7. The lowest BCUT2D eigenvalue weighted by Gasteiger charge is -2.44. The molecule has 0 radical (unpaired) electrons. The summed E-state index contributed by atoms with van der Waals surface area (Å²) in [4.78, 5) is 11.7. The highest BCUT2D eigenvalue weighted by Gasteiger charge is 2.45. The average molecular weight is 1140 g/mol. The van der Waals surface area contributed by atoms with Crippen molar-refractivity contribution in [1.82, 2.24) is 0 Å². The Morgan fingerprint density at radius 2 is 1.04 bits per heavy atom. The Morgan fingerprint density at radius 1 is 0.584 bits per heavy atom. The Balaban J connectivity index is 3.85. The summed E-state index contributed by atoms with van der Waals surface area (Å²) in [6.07, 6.45) is 19.8. The van der Waals surface area contributed by atoms with Crippen LogP contribution in [0.15, 0.2) is 85.0 Å². The van der Waals surface area contributed by atoms with Crippen LogP contribution in [0.2, 0.25) is 72.5 Å². The molecule has 77 heavy (non-hydrogen) atoms. The highest BCUT2D eigenvalue weighted by molar-refractivity contribution is 6.75. The summed E-state index contributed by atoms with van der Waals surface area (Å²) >= 11 is 0. The molecule has 444 valence electrons. The number of hydrogen-bond donors (Lipinski definition) is 1. The maximum Gasteiger partial charge on any atom is 0.331 e. The summed E-state index contributed by atoms with van der Waals surface area (Å²) in [5.41, 5.74) is 1.42. The Hall–Kier alpha value is -2.14. The molecule has 0 saturated carbocycles. The van der Waals surface area contributed by atoms with Gasteiger partial charge in [0.25, 0.3) is 0 Å². The van der Waals surface area contributed by atoms with Crippen LogP contribution >= 0.6 is 0 Å². The van der Waals surface area contributed by atoms with Crippen LogP contribution in [-0.4, -0.2) is 82.0 Å². The molecule has 0 aromatic heterocycles. The first-order valence-electron chi connectivity index (χ1n) is 29.4. The Morgan fingerprint density at radius 3 is 1.51 bits per heavy atom. The summed E-state index contributed by atoms with van der Waals surface area (Å²) < 4.78 is 42.2. The largest absolute Gasteiger partial charge is 0.497 e. The van der Waals surface area contributed by atoms with E-state index in [4.69, 9.17) is 27.2 Å². The minimum atomic E-state index is -2.26. The lowest BCUT2D eigenvalue weighted by atomic mass is 9.82. The van der Waals surface area contributed by atoms with Crippen molar-refractivity contribution in [2.45, 2.75) is 267 Å². The predicted octanol–water partition coefficient (Wildman–Crippen LogP) is 19.4. The summed E-state index contributed by atoms with van der Waals surface area (Å²) in [6.45, 7) is 66.8. The van der Waals surface area contributed by atoms with E-state index >= 15 is 0 Å². The molecule has 1 aromatic carbocycles. The van der Waals surface area contributed by atoms with Crippen LogP contribution in [0.3, 0.4) is 0 Å². The van der Waals surface area contributed by atoms with Gasteiger partial charge in [0.2, 0.25) is 0 Å².